The second-order valence-electron chi connectivity index (χ2n) is 5.73. The summed E-state index contributed by atoms with van der Waals surface area (Å²) < 4.78 is 5.65. The highest BCUT2D eigenvalue weighted by atomic mass is 32.1. The summed E-state index contributed by atoms with van der Waals surface area (Å²) in [6.07, 6.45) is 6.81. The van der Waals surface area contributed by atoms with Crippen LogP contribution in [-0.4, -0.2) is 16.8 Å². The van der Waals surface area contributed by atoms with Crippen LogP contribution in [0.2, 0.25) is 0 Å². The van der Waals surface area contributed by atoms with E-state index in [2.05, 4.69) is 27.8 Å². The van der Waals surface area contributed by atoms with Crippen molar-refractivity contribution in [1.29, 1.82) is 0 Å². The van der Waals surface area contributed by atoms with Gasteiger partial charge < -0.3 is 15.1 Å². The van der Waals surface area contributed by atoms with Gasteiger partial charge in [0.25, 0.3) is 0 Å². The lowest BCUT2D eigenvalue weighted by Crippen LogP contribution is -2.18. The van der Waals surface area contributed by atoms with Crippen molar-refractivity contribution in [2.75, 3.05) is 5.32 Å². The highest BCUT2D eigenvalue weighted by Crippen LogP contribution is 2.27. The maximum absolute atomic E-state index is 12.0. The third kappa shape index (κ3) is 4.32. The van der Waals surface area contributed by atoms with Crippen molar-refractivity contribution in [3.63, 3.8) is 0 Å². The van der Waals surface area contributed by atoms with Crippen LogP contribution in [0.5, 0.6) is 0 Å². The van der Waals surface area contributed by atoms with E-state index in [1.54, 1.807) is 12.1 Å². The Bertz CT molecular complexity index is 763. The molecule has 0 saturated heterocycles. The average Bonchev–Trinajstić information content (AvgIpc) is 3.26. The Labute approximate surface area is 144 Å². The number of hydrogen-bond acceptors (Lipinski definition) is 5. The van der Waals surface area contributed by atoms with Gasteiger partial charge in [-0.3, -0.25) is 9.59 Å². The van der Waals surface area contributed by atoms with Crippen molar-refractivity contribution in [1.82, 2.24) is 10.3 Å². The minimum atomic E-state index is -0.108. The van der Waals surface area contributed by atoms with E-state index in [9.17, 15) is 9.59 Å². The normalized spacial score (nSPS) is 16.3. The summed E-state index contributed by atoms with van der Waals surface area (Å²) in [4.78, 5) is 27.3. The third-order valence-corrected chi connectivity index (χ3v) is 4.49. The fraction of sp³-hybridized carbons (Fsp3) is 0.353. The average molecular weight is 345 g/mol. The zero-order valence-corrected chi connectivity index (χ0v) is 14.2. The summed E-state index contributed by atoms with van der Waals surface area (Å²) >= 11 is 1.37. The number of aromatic nitrogens is 1. The number of carbonyl (C=O) groups is 2. The number of rotatable bonds is 6. The molecule has 24 heavy (non-hydrogen) atoms. The number of thiazole rings is 1. The minimum Gasteiger partial charge on any atom is -0.458 e. The quantitative estimate of drug-likeness (QED) is 0.787. The molecule has 0 aromatic carbocycles. The molecule has 3 rings (SSSR count). The van der Waals surface area contributed by atoms with Crippen LogP contribution in [0.3, 0.4) is 0 Å². The van der Waals surface area contributed by atoms with Crippen molar-refractivity contribution >= 4 is 28.3 Å². The molecule has 2 aromatic rings. The molecule has 1 aliphatic carbocycles. The van der Waals surface area contributed by atoms with Gasteiger partial charge in [-0.1, -0.05) is 12.2 Å². The number of nitrogens with zero attached hydrogens (tertiary/aromatic N) is 1. The van der Waals surface area contributed by atoms with Crippen molar-refractivity contribution < 1.29 is 14.0 Å². The number of hydrogen-bond donors (Lipinski definition) is 2. The second-order valence-corrected chi connectivity index (χ2v) is 6.59. The summed E-state index contributed by atoms with van der Waals surface area (Å²) in [6, 6.07) is 3.61. The molecule has 126 valence electrons. The Morgan fingerprint density at radius 3 is 3.04 bits per heavy atom. The molecule has 1 atom stereocenters. The molecule has 6 nitrogen and oxygen atoms in total. The van der Waals surface area contributed by atoms with Crippen molar-refractivity contribution in [2.24, 2.45) is 5.92 Å². The molecule has 2 aromatic heterocycles. The zero-order valence-electron chi connectivity index (χ0n) is 13.4. The van der Waals surface area contributed by atoms with Gasteiger partial charge in [0, 0.05) is 18.7 Å². The standard InChI is InChI=1S/C17H19N3O3S/c1-11(21)18-9-13-6-7-15(23-13)14-10-24-17(19-14)20-16(22)8-12-4-2-3-5-12/h2,4,6-7,10,12H,3,5,8-9H2,1H3,(H,18,21)(H,19,20,22). The zero-order chi connectivity index (χ0) is 16.9. The van der Waals surface area contributed by atoms with Gasteiger partial charge in [-0.25, -0.2) is 4.98 Å². The Hall–Kier alpha value is -2.41. The first-order chi connectivity index (χ1) is 11.6. The van der Waals surface area contributed by atoms with Crippen LogP contribution in [0, 0.1) is 5.92 Å². The van der Waals surface area contributed by atoms with Gasteiger partial charge >= 0.3 is 0 Å². The summed E-state index contributed by atoms with van der Waals surface area (Å²) in [5, 5.41) is 7.93. The molecule has 1 aliphatic rings. The predicted molar refractivity (Wildman–Crippen MR) is 92.4 cm³/mol. The van der Waals surface area contributed by atoms with Crippen molar-refractivity contribution in [2.45, 2.75) is 32.7 Å². The first-order valence-corrected chi connectivity index (χ1v) is 8.73. The maximum Gasteiger partial charge on any atom is 0.226 e. The molecule has 0 saturated carbocycles. The largest absolute Gasteiger partial charge is 0.458 e. The Kier molecular flexibility index (Phi) is 5.10. The fourth-order valence-electron chi connectivity index (χ4n) is 2.54. The minimum absolute atomic E-state index is 0.0155. The second kappa shape index (κ2) is 7.44. The number of nitrogens with one attached hydrogen (secondary N) is 2. The SMILES string of the molecule is CC(=O)NCc1ccc(-c2csc(NC(=O)CC3C=CCC3)n2)o1. The number of amides is 2. The molecular formula is C17H19N3O3S. The summed E-state index contributed by atoms with van der Waals surface area (Å²) in [5.41, 5.74) is 0.671. The molecule has 0 spiro atoms. The molecule has 2 N–H and O–H groups in total. The van der Waals surface area contributed by atoms with Gasteiger partial charge in [-0.2, -0.15) is 0 Å². The molecule has 0 aliphatic heterocycles. The number of anilines is 1. The Morgan fingerprint density at radius 2 is 2.29 bits per heavy atom. The lowest BCUT2D eigenvalue weighted by molar-refractivity contribution is -0.119. The number of allylic oxidation sites excluding steroid dienone is 2. The van der Waals surface area contributed by atoms with Gasteiger partial charge in [-0.05, 0) is 30.9 Å². The van der Waals surface area contributed by atoms with E-state index in [4.69, 9.17) is 4.42 Å². The first kappa shape index (κ1) is 16.4. The molecule has 0 radical (unpaired) electrons. The smallest absolute Gasteiger partial charge is 0.226 e. The van der Waals surface area contributed by atoms with Crippen LogP contribution in [0.4, 0.5) is 5.13 Å². The topological polar surface area (TPSA) is 84.2 Å². The highest BCUT2D eigenvalue weighted by Gasteiger charge is 2.16. The lowest BCUT2D eigenvalue weighted by atomic mass is 10.1. The summed E-state index contributed by atoms with van der Waals surface area (Å²) in [7, 11) is 0. The van der Waals surface area contributed by atoms with Crippen LogP contribution in [0.1, 0.15) is 31.9 Å². The van der Waals surface area contributed by atoms with E-state index in [1.165, 1.54) is 18.3 Å². The van der Waals surface area contributed by atoms with Gasteiger partial charge in [-0.15, -0.1) is 11.3 Å². The molecular weight excluding hydrogens is 326 g/mol. The lowest BCUT2D eigenvalue weighted by Gasteiger charge is -2.06. The van der Waals surface area contributed by atoms with E-state index in [-0.39, 0.29) is 11.8 Å². The third-order valence-electron chi connectivity index (χ3n) is 3.74. The first-order valence-electron chi connectivity index (χ1n) is 7.85. The molecule has 1 unspecified atom stereocenters. The maximum atomic E-state index is 12.0. The van der Waals surface area contributed by atoms with E-state index >= 15 is 0 Å². The fourth-order valence-corrected chi connectivity index (χ4v) is 3.26. The van der Waals surface area contributed by atoms with Gasteiger partial charge in [0.1, 0.15) is 11.5 Å². The monoisotopic (exact) mass is 345 g/mol. The molecule has 2 heterocycles. The molecule has 2 amide bonds. The van der Waals surface area contributed by atoms with Crippen LogP contribution in [-0.2, 0) is 16.1 Å². The van der Waals surface area contributed by atoms with Gasteiger partial charge in [0.05, 0.1) is 6.54 Å². The van der Waals surface area contributed by atoms with Crippen LogP contribution in [0.15, 0.2) is 34.1 Å². The van der Waals surface area contributed by atoms with E-state index < -0.39 is 0 Å². The highest BCUT2D eigenvalue weighted by molar-refractivity contribution is 7.14. The molecule has 0 fully saturated rings. The van der Waals surface area contributed by atoms with Crippen molar-refractivity contribution in [3.05, 3.63) is 35.4 Å². The number of carbonyl (C=O) groups excluding carboxylic acids is 2. The molecule has 0 bridgehead atoms. The van der Waals surface area contributed by atoms with E-state index in [1.807, 2.05) is 5.38 Å². The van der Waals surface area contributed by atoms with Gasteiger partial charge in [0.2, 0.25) is 11.8 Å². The Balaban J connectivity index is 1.57. The predicted octanol–water partition coefficient (Wildman–Crippen LogP) is 3.33. The Morgan fingerprint density at radius 1 is 1.42 bits per heavy atom. The van der Waals surface area contributed by atoms with E-state index in [0.29, 0.717) is 41.2 Å². The van der Waals surface area contributed by atoms with E-state index in [0.717, 1.165) is 12.8 Å². The van der Waals surface area contributed by atoms with Gasteiger partial charge in [0.15, 0.2) is 10.9 Å². The van der Waals surface area contributed by atoms with Crippen LogP contribution in [0.25, 0.3) is 11.5 Å². The van der Waals surface area contributed by atoms with Crippen molar-refractivity contribution in [3.8, 4) is 11.5 Å². The van der Waals surface area contributed by atoms with Crippen LogP contribution < -0.4 is 10.6 Å². The summed E-state index contributed by atoms with van der Waals surface area (Å²) in [6.45, 7) is 1.80. The summed E-state index contributed by atoms with van der Waals surface area (Å²) in [5.74, 6) is 1.49. The molecule has 7 heteroatoms. The van der Waals surface area contributed by atoms with Crippen LogP contribution >= 0.6 is 11.3 Å². The number of furan rings is 1.